The van der Waals surface area contributed by atoms with Gasteiger partial charge in [-0.25, -0.2) is 21.6 Å². The third kappa shape index (κ3) is 6.02. The summed E-state index contributed by atoms with van der Waals surface area (Å²) < 4.78 is 71.4. The number of nitrogens with zero attached hydrogens (tertiary/aromatic N) is 1. The standard InChI is InChI=1S/C34H32F3N3O3S/c35-26-13-9-23(10-14-26)29(24-11-15-27(36)16-12-24)20-33(41)39-32-8-4-7-31(37)30(32)19-25-21-34(25)22-38-17-18-40(34)44(42,43)28-5-2-1-3-6-28/h1-16,25,29,38H,17-22H2,(H,39,41)/t25-,34+/m1/s1. The highest BCUT2D eigenvalue weighted by Crippen LogP contribution is 2.53. The molecule has 2 aliphatic rings. The minimum atomic E-state index is -3.76. The second kappa shape index (κ2) is 12.2. The number of hydrogen-bond donors (Lipinski definition) is 2. The molecule has 44 heavy (non-hydrogen) atoms. The largest absolute Gasteiger partial charge is 0.326 e. The molecule has 1 aliphatic carbocycles. The molecule has 2 N–H and O–H groups in total. The molecule has 4 aromatic carbocycles. The first-order chi connectivity index (χ1) is 21.2. The van der Waals surface area contributed by atoms with Crippen LogP contribution >= 0.6 is 0 Å². The van der Waals surface area contributed by atoms with Crippen molar-refractivity contribution in [3.05, 3.63) is 131 Å². The van der Waals surface area contributed by atoms with Crippen LogP contribution in [0.25, 0.3) is 0 Å². The van der Waals surface area contributed by atoms with Crippen LogP contribution in [-0.4, -0.2) is 43.8 Å². The van der Waals surface area contributed by atoms with E-state index in [9.17, 15) is 22.0 Å². The SMILES string of the molecule is O=C(CC(c1ccc(F)cc1)c1ccc(F)cc1)Nc1cccc(F)c1C[C@@H]1C[C@]12CNCCN2S(=O)(=O)c1ccccc1. The highest BCUT2D eigenvalue weighted by atomic mass is 32.2. The molecule has 1 aliphatic heterocycles. The number of rotatable bonds is 9. The second-order valence-electron chi connectivity index (χ2n) is 11.4. The lowest BCUT2D eigenvalue weighted by atomic mass is 9.88. The maximum Gasteiger partial charge on any atom is 0.243 e. The van der Waals surface area contributed by atoms with Crippen molar-refractivity contribution in [2.75, 3.05) is 25.0 Å². The summed E-state index contributed by atoms with van der Waals surface area (Å²) in [6.45, 7) is 1.28. The van der Waals surface area contributed by atoms with Gasteiger partial charge in [-0.3, -0.25) is 4.79 Å². The zero-order valence-corrected chi connectivity index (χ0v) is 24.7. The van der Waals surface area contributed by atoms with Crippen molar-refractivity contribution in [3.8, 4) is 0 Å². The van der Waals surface area contributed by atoms with Crippen molar-refractivity contribution in [2.24, 2.45) is 5.92 Å². The Kier molecular flexibility index (Phi) is 8.32. The number of carbonyl (C=O) groups excluding carboxylic acids is 1. The van der Waals surface area contributed by atoms with Crippen molar-refractivity contribution >= 4 is 21.6 Å². The maximum atomic E-state index is 15.3. The van der Waals surface area contributed by atoms with Crippen LogP contribution in [0.5, 0.6) is 0 Å². The van der Waals surface area contributed by atoms with E-state index >= 15 is 4.39 Å². The molecule has 228 valence electrons. The predicted molar refractivity (Wildman–Crippen MR) is 162 cm³/mol. The molecule has 1 spiro atoms. The molecular weight excluding hydrogens is 587 g/mol. The molecule has 0 unspecified atom stereocenters. The molecule has 6 rings (SSSR count). The molecule has 0 bridgehead atoms. The molecule has 1 amide bonds. The molecule has 6 nitrogen and oxygen atoms in total. The van der Waals surface area contributed by atoms with Gasteiger partial charge in [-0.1, -0.05) is 48.5 Å². The molecule has 0 radical (unpaired) electrons. The number of carbonyl (C=O) groups is 1. The lowest BCUT2D eigenvalue weighted by Gasteiger charge is -2.37. The summed E-state index contributed by atoms with van der Waals surface area (Å²) in [5, 5.41) is 6.17. The van der Waals surface area contributed by atoms with Gasteiger partial charge in [0.2, 0.25) is 15.9 Å². The van der Waals surface area contributed by atoms with Gasteiger partial charge in [0.05, 0.1) is 10.4 Å². The van der Waals surface area contributed by atoms with Crippen LogP contribution in [-0.2, 0) is 21.2 Å². The van der Waals surface area contributed by atoms with Gasteiger partial charge in [-0.2, -0.15) is 4.31 Å². The Bertz CT molecular complexity index is 1710. The summed E-state index contributed by atoms with van der Waals surface area (Å²) in [4.78, 5) is 13.6. The van der Waals surface area contributed by atoms with Crippen molar-refractivity contribution in [2.45, 2.75) is 35.6 Å². The summed E-state index contributed by atoms with van der Waals surface area (Å²) in [6.07, 6.45) is 0.753. The van der Waals surface area contributed by atoms with Gasteiger partial charge in [-0.05, 0) is 78.4 Å². The summed E-state index contributed by atoms with van der Waals surface area (Å²) in [6, 6.07) is 24.4. The van der Waals surface area contributed by atoms with Gasteiger partial charge in [0.1, 0.15) is 17.5 Å². The maximum absolute atomic E-state index is 15.3. The highest BCUT2D eigenvalue weighted by Gasteiger charge is 2.62. The molecule has 1 heterocycles. The van der Waals surface area contributed by atoms with E-state index in [0.717, 1.165) is 0 Å². The summed E-state index contributed by atoms with van der Waals surface area (Å²) in [7, 11) is -3.76. The molecule has 4 aromatic rings. The van der Waals surface area contributed by atoms with Gasteiger partial charge in [0.25, 0.3) is 0 Å². The van der Waals surface area contributed by atoms with Crippen LogP contribution < -0.4 is 10.6 Å². The highest BCUT2D eigenvalue weighted by molar-refractivity contribution is 7.89. The minimum absolute atomic E-state index is 0.0480. The van der Waals surface area contributed by atoms with Crippen LogP contribution in [0.1, 0.15) is 35.4 Å². The average molecular weight is 620 g/mol. The Morgan fingerprint density at radius 2 is 1.52 bits per heavy atom. The number of sulfonamides is 1. The number of hydrogen-bond acceptors (Lipinski definition) is 4. The van der Waals surface area contributed by atoms with Crippen molar-refractivity contribution in [1.29, 1.82) is 0 Å². The Morgan fingerprint density at radius 3 is 2.16 bits per heavy atom. The van der Waals surface area contributed by atoms with Crippen LogP contribution in [0.3, 0.4) is 0 Å². The van der Waals surface area contributed by atoms with E-state index in [0.29, 0.717) is 48.4 Å². The van der Waals surface area contributed by atoms with Crippen molar-refractivity contribution in [1.82, 2.24) is 9.62 Å². The first kappa shape index (κ1) is 30.1. The van der Waals surface area contributed by atoms with E-state index in [-0.39, 0.29) is 23.7 Å². The number of piperazine rings is 1. The molecule has 1 saturated heterocycles. The minimum Gasteiger partial charge on any atom is -0.326 e. The topological polar surface area (TPSA) is 78.5 Å². The van der Waals surface area contributed by atoms with E-state index < -0.39 is 44.8 Å². The summed E-state index contributed by atoms with van der Waals surface area (Å²) in [5.74, 6) is -2.37. The molecule has 10 heteroatoms. The lowest BCUT2D eigenvalue weighted by Crippen LogP contribution is -2.56. The Balaban J connectivity index is 1.22. The third-order valence-corrected chi connectivity index (χ3v) is 10.7. The van der Waals surface area contributed by atoms with Crippen molar-refractivity contribution in [3.63, 3.8) is 0 Å². The zero-order valence-electron chi connectivity index (χ0n) is 23.8. The Morgan fingerprint density at radius 1 is 0.886 bits per heavy atom. The van der Waals surface area contributed by atoms with Crippen LogP contribution in [0, 0.1) is 23.4 Å². The van der Waals surface area contributed by atoms with Crippen molar-refractivity contribution < 1.29 is 26.4 Å². The summed E-state index contributed by atoms with van der Waals surface area (Å²) in [5.41, 5.74) is 1.29. The normalized spacial score (nSPS) is 20.1. The van der Waals surface area contributed by atoms with Gasteiger partial charge in [0, 0.05) is 43.2 Å². The van der Waals surface area contributed by atoms with Gasteiger partial charge >= 0.3 is 0 Å². The molecular formula is C34H32F3N3O3S. The average Bonchev–Trinajstić information content (AvgIpc) is 3.70. The van der Waals surface area contributed by atoms with Gasteiger partial charge in [0.15, 0.2) is 0 Å². The predicted octanol–water partition coefficient (Wildman–Crippen LogP) is 5.86. The van der Waals surface area contributed by atoms with Crippen LogP contribution in [0.15, 0.2) is 102 Å². The van der Waals surface area contributed by atoms with Gasteiger partial charge < -0.3 is 10.6 Å². The number of halogens is 3. The molecule has 1 saturated carbocycles. The van der Waals surface area contributed by atoms with Crippen LogP contribution in [0.2, 0.25) is 0 Å². The molecule has 2 fully saturated rings. The fourth-order valence-electron chi connectivity index (χ4n) is 6.36. The number of anilines is 1. The fourth-order valence-corrected chi connectivity index (χ4v) is 8.22. The van der Waals surface area contributed by atoms with Crippen LogP contribution in [0.4, 0.5) is 18.9 Å². The monoisotopic (exact) mass is 619 g/mol. The van der Waals surface area contributed by atoms with E-state index in [1.165, 1.54) is 36.4 Å². The Labute approximate surface area is 255 Å². The number of nitrogens with one attached hydrogen (secondary N) is 2. The van der Waals surface area contributed by atoms with Gasteiger partial charge in [-0.15, -0.1) is 0 Å². The lowest BCUT2D eigenvalue weighted by molar-refractivity contribution is -0.116. The van der Waals surface area contributed by atoms with E-state index in [4.69, 9.17) is 0 Å². The molecule has 2 atom stereocenters. The molecule has 0 aromatic heterocycles. The fraction of sp³-hybridized carbons (Fsp3) is 0.265. The third-order valence-electron chi connectivity index (χ3n) is 8.73. The van der Waals surface area contributed by atoms with E-state index in [1.54, 1.807) is 65.0 Å². The quantitative estimate of drug-likeness (QED) is 0.246. The van der Waals surface area contributed by atoms with E-state index in [2.05, 4.69) is 10.6 Å². The number of amides is 1. The zero-order chi connectivity index (χ0) is 30.9. The Hall–Kier alpha value is -3.99. The number of benzene rings is 4. The second-order valence-corrected chi connectivity index (χ2v) is 13.3. The summed E-state index contributed by atoms with van der Waals surface area (Å²) >= 11 is 0. The first-order valence-electron chi connectivity index (χ1n) is 14.5. The smallest absolute Gasteiger partial charge is 0.243 e. The van der Waals surface area contributed by atoms with E-state index in [1.807, 2.05) is 0 Å². The first-order valence-corrected chi connectivity index (χ1v) is 16.0.